The molecule has 0 bridgehead atoms. The summed E-state index contributed by atoms with van der Waals surface area (Å²) in [6.07, 6.45) is 8.31. The van der Waals surface area contributed by atoms with Gasteiger partial charge in [-0.15, -0.1) is 0 Å². The fourth-order valence-corrected chi connectivity index (χ4v) is 3.07. The second-order valence-electron chi connectivity index (χ2n) is 5.69. The summed E-state index contributed by atoms with van der Waals surface area (Å²) in [6, 6.07) is 7.81. The van der Waals surface area contributed by atoms with Crippen molar-refractivity contribution in [3.8, 4) is 16.9 Å². The van der Waals surface area contributed by atoms with Crippen LogP contribution in [0.4, 0.5) is 0 Å². The zero-order chi connectivity index (χ0) is 15.4. The maximum absolute atomic E-state index is 12.9. The topological polar surface area (TPSA) is 45.3 Å². The Balaban J connectivity index is 1.93. The largest absolute Gasteiger partial charge is 0.496 e. The molecule has 0 unspecified atom stereocenters. The number of ether oxygens (including phenoxy) is 1. The lowest BCUT2D eigenvalue weighted by Crippen LogP contribution is -2.31. The van der Waals surface area contributed by atoms with Crippen LogP contribution >= 0.6 is 0 Å². The summed E-state index contributed by atoms with van der Waals surface area (Å²) in [5, 5.41) is 0. The van der Waals surface area contributed by atoms with Gasteiger partial charge in [0.05, 0.1) is 12.7 Å². The molecule has 0 radical (unpaired) electrons. The van der Waals surface area contributed by atoms with E-state index in [2.05, 4.69) is 4.98 Å². The van der Waals surface area contributed by atoms with E-state index in [0.29, 0.717) is 0 Å². The Morgan fingerprint density at radius 1 is 1.05 bits per heavy atom. The molecule has 0 spiro atoms. The first kappa shape index (κ1) is 14.7. The highest BCUT2D eigenvalue weighted by Crippen LogP contribution is 2.32. The molecule has 2 heterocycles. The van der Waals surface area contributed by atoms with E-state index in [4.69, 9.17) is 4.74 Å². The highest BCUT2D eigenvalue weighted by Gasteiger charge is 2.22. The van der Waals surface area contributed by atoms with Crippen LogP contribution in [0.15, 0.2) is 36.7 Å². The first-order valence-electron chi connectivity index (χ1n) is 7.90. The van der Waals surface area contributed by atoms with E-state index < -0.39 is 0 Å². The molecular formula is C18H22N2O2. The maximum Gasteiger partial charge on any atom is 0.256 e. The highest BCUT2D eigenvalue weighted by molar-refractivity contribution is 6.01. The standard InChI is InChI=1S/C18H22N2O2/c1-22-17-9-5-4-8-14(17)15-12-19-13-16(15)18(21)20-10-6-2-3-7-11-20/h4-5,8-9,12-13,19H,2-3,6-7,10-11H2,1H3. The van der Waals surface area contributed by atoms with E-state index in [-0.39, 0.29) is 5.91 Å². The van der Waals surface area contributed by atoms with Gasteiger partial charge in [-0.05, 0) is 18.9 Å². The van der Waals surface area contributed by atoms with Crippen LogP contribution in [-0.2, 0) is 0 Å². The minimum atomic E-state index is 0.115. The second-order valence-corrected chi connectivity index (χ2v) is 5.69. The van der Waals surface area contributed by atoms with Crippen LogP contribution in [0.3, 0.4) is 0 Å². The Morgan fingerprint density at radius 3 is 2.50 bits per heavy atom. The minimum absolute atomic E-state index is 0.115. The molecule has 1 N–H and O–H groups in total. The summed E-state index contributed by atoms with van der Waals surface area (Å²) < 4.78 is 5.43. The number of aromatic nitrogens is 1. The molecule has 0 saturated carbocycles. The first-order chi connectivity index (χ1) is 10.8. The van der Waals surface area contributed by atoms with Gasteiger partial charge in [-0.2, -0.15) is 0 Å². The fourth-order valence-electron chi connectivity index (χ4n) is 3.07. The van der Waals surface area contributed by atoms with Gasteiger partial charge in [-0.3, -0.25) is 4.79 Å². The number of carbonyl (C=O) groups excluding carboxylic acids is 1. The quantitative estimate of drug-likeness (QED) is 0.939. The zero-order valence-electron chi connectivity index (χ0n) is 13.0. The summed E-state index contributed by atoms with van der Waals surface area (Å²) >= 11 is 0. The smallest absolute Gasteiger partial charge is 0.256 e. The van der Waals surface area contributed by atoms with E-state index in [9.17, 15) is 4.79 Å². The van der Waals surface area contributed by atoms with E-state index in [1.165, 1.54) is 12.8 Å². The third kappa shape index (κ3) is 2.86. The molecule has 1 aromatic carbocycles. The SMILES string of the molecule is COc1ccccc1-c1c[nH]cc1C(=O)N1CCCCCC1. The molecule has 1 saturated heterocycles. The molecule has 0 aliphatic carbocycles. The summed E-state index contributed by atoms with van der Waals surface area (Å²) in [6.45, 7) is 1.71. The average Bonchev–Trinajstić information content (AvgIpc) is 2.88. The van der Waals surface area contributed by atoms with Crippen LogP contribution in [0.5, 0.6) is 5.75 Å². The number of hydrogen-bond acceptors (Lipinski definition) is 2. The Bertz CT molecular complexity index is 640. The van der Waals surface area contributed by atoms with Gasteiger partial charge in [0, 0.05) is 36.6 Å². The van der Waals surface area contributed by atoms with Crippen molar-refractivity contribution < 1.29 is 9.53 Å². The van der Waals surface area contributed by atoms with Crippen molar-refractivity contribution in [3.05, 3.63) is 42.2 Å². The molecule has 4 heteroatoms. The van der Waals surface area contributed by atoms with Crippen molar-refractivity contribution in [2.75, 3.05) is 20.2 Å². The lowest BCUT2D eigenvalue weighted by molar-refractivity contribution is 0.0762. The Labute approximate surface area is 131 Å². The number of likely N-dealkylation sites (tertiary alicyclic amines) is 1. The minimum Gasteiger partial charge on any atom is -0.496 e. The Kier molecular flexibility index (Phi) is 4.47. The summed E-state index contributed by atoms with van der Waals surface area (Å²) in [5.41, 5.74) is 2.59. The molecule has 1 aliphatic rings. The van der Waals surface area contributed by atoms with Gasteiger partial charge in [0.2, 0.25) is 0 Å². The van der Waals surface area contributed by atoms with Crippen molar-refractivity contribution in [2.45, 2.75) is 25.7 Å². The third-order valence-electron chi connectivity index (χ3n) is 4.27. The molecule has 2 aromatic rings. The highest BCUT2D eigenvalue weighted by atomic mass is 16.5. The molecule has 4 nitrogen and oxygen atoms in total. The maximum atomic E-state index is 12.9. The van der Waals surface area contributed by atoms with Crippen LogP contribution < -0.4 is 4.74 Å². The van der Waals surface area contributed by atoms with Crippen LogP contribution in [-0.4, -0.2) is 36.0 Å². The number of methoxy groups -OCH3 is 1. The van der Waals surface area contributed by atoms with Crippen LogP contribution in [0.1, 0.15) is 36.0 Å². The van der Waals surface area contributed by atoms with Crippen LogP contribution in [0.2, 0.25) is 0 Å². The first-order valence-corrected chi connectivity index (χ1v) is 7.90. The third-order valence-corrected chi connectivity index (χ3v) is 4.27. The van der Waals surface area contributed by atoms with E-state index >= 15 is 0 Å². The van der Waals surface area contributed by atoms with E-state index in [0.717, 1.165) is 48.4 Å². The zero-order valence-corrected chi connectivity index (χ0v) is 13.0. The number of H-pyrrole nitrogens is 1. The molecule has 0 atom stereocenters. The second kappa shape index (κ2) is 6.69. The molecule has 1 aromatic heterocycles. The van der Waals surface area contributed by atoms with Gasteiger partial charge in [-0.1, -0.05) is 31.0 Å². The van der Waals surface area contributed by atoms with Crippen LogP contribution in [0.25, 0.3) is 11.1 Å². The van der Waals surface area contributed by atoms with Gasteiger partial charge in [-0.25, -0.2) is 0 Å². The molecule has 1 aliphatic heterocycles. The number of para-hydroxylation sites is 1. The molecule has 116 valence electrons. The fraction of sp³-hybridized carbons (Fsp3) is 0.389. The predicted octanol–water partition coefficient (Wildman–Crippen LogP) is 3.71. The number of nitrogens with zero attached hydrogens (tertiary/aromatic N) is 1. The van der Waals surface area contributed by atoms with Gasteiger partial charge >= 0.3 is 0 Å². The summed E-state index contributed by atoms with van der Waals surface area (Å²) in [5.74, 6) is 0.899. The van der Waals surface area contributed by atoms with Crippen molar-refractivity contribution in [1.82, 2.24) is 9.88 Å². The number of benzene rings is 1. The number of carbonyl (C=O) groups is 1. The van der Waals surface area contributed by atoms with E-state index in [1.807, 2.05) is 35.4 Å². The van der Waals surface area contributed by atoms with Crippen molar-refractivity contribution in [2.24, 2.45) is 0 Å². The Hall–Kier alpha value is -2.23. The van der Waals surface area contributed by atoms with Crippen molar-refractivity contribution in [1.29, 1.82) is 0 Å². The molecule has 22 heavy (non-hydrogen) atoms. The number of rotatable bonds is 3. The molecular weight excluding hydrogens is 276 g/mol. The predicted molar refractivity (Wildman–Crippen MR) is 87.2 cm³/mol. The van der Waals surface area contributed by atoms with Crippen molar-refractivity contribution >= 4 is 5.91 Å². The van der Waals surface area contributed by atoms with Crippen LogP contribution in [0, 0.1) is 0 Å². The summed E-state index contributed by atoms with van der Waals surface area (Å²) in [4.78, 5) is 17.9. The van der Waals surface area contributed by atoms with Gasteiger partial charge < -0.3 is 14.6 Å². The normalized spacial score (nSPS) is 15.4. The number of aromatic amines is 1. The van der Waals surface area contributed by atoms with Crippen molar-refractivity contribution in [3.63, 3.8) is 0 Å². The van der Waals surface area contributed by atoms with Gasteiger partial charge in [0.15, 0.2) is 0 Å². The monoisotopic (exact) mass is 298 g/mol. The lowest BCUT2D eigenvalue weighted by Gasteiger charge is -2.20. The van der Waals surface area contributed by atoms with Gasteiger partial charge in [0.1, 0.15) is 5.75 Å². The molecule has 1 amide bonds. The molecule has 3 rings (SSSR count). The summed E-state index contributed by atoms with van der Waals surface area (Å²) in [7, 11) is 1.65. The average molecular weight is 298 g/mol. The molecule has 1 fully saturated rings. The van der Waals surface area contributed by atoms with Gasteiger partial charge in [0.25, 0.3) is 5.91 Å². The number of amides is 1. The lowest BCUT2D eigenvalue weighted by atomic mass is 10.0. The number of hydrogen-bond donors (Lipinski definition) is 1. The van der Waals surface area contributed by atoms with E-state index in [1.54, 1.807) is 13.3 Å². The number of nitrogens with one attached hydrogen (secondary N) is 1. The Morgan fingerprint density at radius 2 is 1.77 bits per heavy atom.